The van der Waals surface area contributed by atoms with Gasteiger partial charge in [0.25, 0.3) is 0 Å². The quantitative estimate of drug-likeness (QED) is 0.384. The first-order valence-electron chi connectivity index (χ1n) is 5.23. The number of halogens is 1. The molecule has 0 aliphatic rings. The fraction of sp³-hybridized carbons (Fsp3) is 0.750. The van der Waals surface area contributed by atoms with Gasteiger partial charge in [-0.1, -0.05) is 0 Å². The van der Waals surface area contributed by atoms with Gasteiger partial charge < -0.3 is 0 Å². The summed E-state index contributed by atoms with van der Waals surface area (Å²) in [6, 6.07) is 0. The SMILES string of the molecule is C=C([CH2-])Cl.CC(C)[PH+](C(C)C)C(C)C.[Pd]. The van der Waals surface area contributed by atoms with E-state index in [1.165, 1.54) is 0 Å². The Morgan fingerprint density at radius 3 is 1.13 bits per heavy atom. The zero-order valence-corrected chi connectivity index (χ0v) is 14.2. The van der Waals surface area contributed by atoms with Gasteiger partial charge in [0.05, 0.1) is 17.0 Å². The summed E-state index contributed by atoms with van der Waals surface area (Å²) in [5, 5.41) is 0.389. The minimum atomic E-state index is -0.0957. The van der Waals surface area contributed by atoms with Gasteiger partial charge in [0.15, 0.2) is 0 Å². The second-order valence-corrected chi connectivity index (χ2v) is 9.48. The molecule has 3 heteroatoms. The van der Waals surface area contributed by atoms with E-state index in [9.17, 15) is 0 Å². The molecule has 0 aromatic rings. The average Bonchev–Trinajstić information content (AvgIpc) is 1.80. The number of allylic oxidation sites excluding steroid dienone is 1. The summed E-state index contributed by atoms with van der Waals surface area (Å²) in [5.74, 6) is 0. The van der Waals surface area contributed by atoms with Gasteiger partial charge in [-0.15, -0.1) is 16.6 Å². The summed E-state index contributed by atoms with van der Waals surface area (Å²) in [6.45, 7) is 20.6. The smallest absolute Gasteiger partial charge is 0.0624 e. The summed E-state index contributed by atoms with van der Waals surface area (Å²) in [4.78, 5) is 0. The van der Waals surface area contributed by atoms with Gasteiger partial charge in [-0.2, -0.15) is 0 Å². The maximum absolute atomic E-state index is 4.97. The summed E-state index contributed by atoms with van der Waals surface area (Å²) in [7, 11) is -0.0957. The molecule has 0 saturated heterocycles. The first kappa shape index (κ1) is 21.3. The van der Waals surface area contributed by atoms with Crippen molar-refractivity contribution >= 4 is 19.5 Å². The van der Waals surface area contributed by atoms with Gasteiger partial charge in [0.1, 0.15) is 0 Å². The van der Waals surface area contributed by atoms with Crippen LogP contribution in [0.2, 0.25) is 0 Å². The Morgan fingerprint density at radius 2 is 1.13 bits per heavy atom. The molecule has 0 N–H and O–H groups in total. The fourth-order valence-corrected chi connectivity index (χ4v) is 6.00. The Hall–Kier alpha value is 0.992. The van der Waals surface area contributed by atoms with Gasteiger partial charge in [-0.3, -0.25) is 0 Å². The van der Waals surface area contributed by atoms with Crippen LogP contribution in [0.3, 0.4) is 0 Å². The first-order chi connectivity index (χ1) is 6.20. The molecule has 0 rings (SSSR count). The zero-order chi connectivity index (χ0) is 11.9. The fourth-order valence-electron chi connectivity index (χ4n) is 2.00. The molecular formula is C12H26ClPPd. The Kier molecular flexibility index (Phi) is 16.3. The van der Waals surface area contributed by atoms with Gasteiger partial charge in [-0.05, 0) is 41.5 Å². The molecule has 15 heavy (non-hydrogen) atoms. The second kappa shape index (κ2) is 11.5. The van der Waals surface area contributed by atoms with Crippen LogP contribution in [0.1, 0.15) is 41.5 Å². The predicted octanol–water partition coefficient (Wildman–Crippen LogP) is 5.00. The van der Waals surface area contributed by atoms with Crippen molar-refractivity contribution in [3.8, 4) is 0 Å². The van der Waals surface area contributed by atoms with Crippen molar-refractivity contribution in [1.82, 2.24) is 0 Å². The van der Waals surface area contributed by atoms with Crippen molar-refractivity contribution in [1.29, 1.82) is 0 Å². The summed E-state index contributed by atoms with van der Waals surface area (Å²) in [6.07, 6.45) is 0. The normalized spacial score (nSPS) is 10.1. The van der Waals surface area contributed by atoms with Crippen molar-refractivity contribution in [2.75, 3.05) is 0 Å². The molecular weight excluding hydrogens is 317 g/mol. The molecule has 0 nitrogen and oxygen atoms in total. The molecule has 0 aromatic carbocycles. The second-order valence-electron chi connectivity index (χ2n) is 4.48. The third-order valence-electron chi connectivity index (χ3n) is 2.00. The van der Waals surface area contributed by atoms with Crippen molar-refractivity contribution in [2.24, 2.45) is 0 Å². The molecule has 0 fully saturated rings. The van der Waals surface area contributed by atoms with Crippen molar-refractivity contribution in [3.05, 3.63) is 18.5 Å². The average molecular weight is 343 g/mol. The standard InChI is InChI=1S/C9H21P.C3H4Cl.Pd/c1-7(2)10(8(3)4)9(5)6;1-3(2)4;/h7-9H,1-6H3;1-2H2;/q;-1;/p+1. The molecule has 0 aromatic heterocycles. The first-order valence-corrected chi connectivity index (χ1v) is 7.34. The maximum Gasteiger partial charge on any atom is 0.0624 e. The van der Waals surface area contributed by atoms with E-state index in [-0.39, 0.29) is 28.3 Å². The van der Waals surface area contributed by atoms with Crippen LogP contribution in [-0.2, 0) is 20.4 Å². The van der Waals surface area contributed by atoms with Gasteiger partial charge in [-0.25, -0.2) is 13.5 Å². The van der Waals surface area contributed by atoms with E-state index < -0.39 is 0 Å². The molecule has 0 bridgehead atoms. The van der Waals surface area contributed by atoms with Gasteiger partial charge >= 0.3 is 0 Å². The molecule has 0 heterocycles. The molecule has 0 atom stereocenters. The van der Waals surface area contributed by atoms with Crippen LogP contribution in [0.4, 0.5) is 0 Å². The van der Waals surface area contributed by atoms with Crippen molar-refractivity contribution < 1.29 is 20.4 Å². The summed E-state index contributed by atoms with van der Waals surface area (Å²) in [5.41, 5.74) is 2.81. The third kappa shape index (κ3) is 15.0. The molecule has 96 valence electrons. The maximum atomic E-state index is 4.97. The van der Waals surface area contributed by atoms with Crippen LogP contribution >= 0.6 is 19.5 Å². The minimum Gasteiger partial charge on any atom is -0.227 e. The van der Waals surface area contributed by atoms with Crippen LogP contribution in [0.5, 0.6) is 0 Å². The van der Waals surface area contributed by atoms with Crippen LogP contribution in [0.15, 0.2) is 11.6 Å². The Balaban J connectivity index is -0.000000249. The van der Waals surface area contributed by atoms with E-state index in [4.69, 9.17) is 11.6 Å². The van der Waals surface area contributed by atoms with Crippen LogP contribution in [0, 0.1) is 6.92 Å². The zero-order valence-electron chi connectivity index (χ0n) is 10.8. The molecule has 0 aliphatic heterocycles. The molecule has 0 aliphatic carbocycles. The number of hydrogen-bond acceptors (Lipinski definition) is 0. The van der Waals surface area contributed by atoms with E-state index in [2.05, 4.69) is 55.0 Å². The van der Waals surface area contributed by atoms with E-state index in [1.54, 1.807) is 0 Å². The summed E-state index contributed by atoms with van der Waals surface area (Å²) < 4.78 is 0. The minimum absolute atomic E-state index is 0. The molecule has 0 radical (unpaired) electrons. The number of rotatable bonds is 3. The predicted molar refractivity (Wildman–Crippen MR) is 74.1 cm³/mol. The van der Waals surface area contributed by atoms with Gasteiger partial charge in [0.2, 0.25) is 0 Å². The number of hydrogen-bond donors (Lipinski definition) is 0. The van der Waals surface area contributed by atoms with Gasteiger partial charge in [0, 0.05) is 28.3 Å². The molecule has 0 saturated carbocycles. The molecule has 0 amide bonds. The molecule has 0 unspecified atom stereocenters. The van der Waals surface area contributed by atoms with Crippen LogP contribution in [0.25, 0.3) is 0 Å². The summed E-state index contributed by atoms with van der Waals surface area (Å²) >= 11 is 4.97. The topological polar surface area (TPSA) is 0 Å². The van der Waals surface area contributed by atoms with Crippen molar-refractivity contribution in [2.45, 2.75) is 58.5 Å². The molecule has 0 spiro atoms. The van der Waals surface area contributed by atoms with E-state index in [1.807, 2.05) is 0 Å². The largest absolute Gasteiger partial charge is 0.227 e. The Labute approximate surface area is 117 Å². The van der Waals surface area contributed by atoms with E-state index >= 15 is 0 Å². The Morgan fingerprint density at radius 1 is 1.00 bits per heavy atom. The Bertz CT molecular complexity index is 133. The van der Waals surface area contributed by atoms with E-state index in [0.29, 0.717) is 5.03 Å². The van der Waals surface area contributed by atoms with E-state index in [0.717, 1.165) is 17.0 Å². The van der Waals surface area contributed by atoms with Crippen LogP contribution < -0.4 is 0 Å². The van der Waals surface area contributed by atoms with Crippen LogP contribution in [-0.4, -0.2) is 17.0 Å². The third-order valence-corrected chi connectivity index (χ3v) is 6.00. The van der Waals surface area contributed by atoms with Crippen molar-refractivity contribution in [3.63, 3.8) is 0 Å². The monoisotopic (exact) mass is 342 g/mol.